The third kappa shape index (κ3) is 4.37. The van der Waals surface area contributed by atoms with E-state index in [1.807, 2.05) is 0 Å². The van der Waals surface area contributed by atoms with Crippen LogP contribution in [0.1, 0.15) is 19.4 Å². The fourth-order valence-corrected chi connectivity index (χ4v) is 1.13. The van der Waals surface area contributed by atoms with Crippen molar-refractivity contribution in [1.82, 2.24) is 0 Å². The number of non-ortho nitro benzene ring substituents is 1. The average molecular weight is 225 g/mol. The highest BCUT2D eigenvalue weighted by Gasteiger charge is 2.12. The predicted molar refractivity (Wildman–Crippen MR) is 59.1 cm³/mol. The van der Waals surface area contributed by atoms with E-state index in [4.69, 9.17) is 4.74 Å². The molecule has 0 atom stereocenters. The van der Waals surface area contributed by atoms with Crippen molar-refractivity contribution >= 4 is 5.69 Å². The quantitative estimate of drug-likeness (QED) is 0.613. The Kier molecular flexibility index (Phi) is 3.98. The van der Waals surface area contributed by atoms with Gasteiger partial charge in [0.1, 0.15) is 0 Å². The molecular formula is C11H15NO4. The molecule has 5 nitrogen and oxygen atoms in total. The van der Waals surface area contributed by atoms with Crippen LogP contribution in [0.25, 0.3) is 0 Å². The number of aliphatic hydroxyl groups is 1. The van der Waals surface area contributed by atoms with Crippen molar-refractivity contribution in [3.8, 4) is 0 Å². The first-order valence-electron chi connectivity index (χ1n) is 4.92. The predicted octanol–water partition coefficient (Wildman–Crippen LogP) is 1.88. The standard InChI is InChI=1S/C11H15NO4/c1-11(2,13)8-16-7-9-3-5-10(6-4-9)12(14)15/h3-6,13H,7-8H2,1-2H3. The maximum atomic E-state index is 10.4. The number of nitrogens with zero attached hydrogens (tertiary/aromatic N) is 1. The summed E-state index contributed by atoms with van der Waals surface area (Å²) in [6.45, 7) is 3.87. The molecule has 1 N–H and O–H groups in total. The minimum Gasteiger partial charge on any atom is -0.388 e. The van der Waals surface area contributed by atoms with Crippen LogP contribution in [0.4, 0.5) is 5.69 Å². The van der Waals surface area contributed by atoms with Crippen molar-refractivity contribution in [2.45, 2.75) is 26.1 Å². The molecule has 16 heavy (non-hydrogen) atoms. The summed E-state index contributed by atoms with van der Waals surface area (Å²) in [6, 6.07) is 6.15. The normalized spacial score (nSPS) is 11.4. The molecule has 0 aromatic heterocycles. The molecule has 5 heteroatoms. The summed E-state index contributed by atoms with van der Waals surface area (Å²) in [7, 11) is 0. The molecular weight excluding hydrogens is 210 g/mol. The Morgan fingerprint density at radius 2 is 1.94 bits per heavy atom. The minimum absolute atomic E-state index is 0.0613. The zero-order valence-electron chi connectivity index (χ0n) is 9.34. The molecule has 88 valence electrons. The first-order valence-corrected chi connectivity index (χ1v) is 4.92. The van der Waals surface area contributed by atoms with Crippen LogP contribution >= 0.6 is 0 Å². The molecule has 0 amide bonds. The molecule has 1 aromatic rings. The Bertz CT molecular complexity index is 353. The number of rotatable bonds is 5. The number of nitro groups is 1. The van der Waals surface area contributed by atoms with Crippen LogP contribution in [0.5, 0.6) is 0 Å². The lowest BCUT2D eigenvalue weighted by Crippen LogP contribution is -2.25. The zero-order chi connectivity index (χ0) is 12.2. The molecule has 0 saturated heterocycles. The van der Waals surface area contributed by atoms with Crippen molar-refractivity contribution < 1.29 is 14.8 Å². The van der Waals surface area contributed by atoms with Gasteiger partial charge in [0.2, 0.25) is 0 Å². The van der Waals surface area contributed by atoms with Crippen LogP contribution in [0.2, 0.25) is 0 Å². The zero-order valence-corrected chi connectivity index (χ0v) is 9.34. The van der Waals surface area contributed by atoms with Crippen LogP contribution in [-0.2, 0) is 11.3 Å². The SMILES string of the molecule is CC(C)(O)COCc1ccc([N+](=O)[O-])cc1. The summed E-state index contributed by atoms with van der Waals surface area (Å²) >= 11 is 0. The van der Waals surface area contributed by atoms with Crippen LogP contribution in [0, 0.1) is 10.1 Å². The smallest absolute Gasteiger partial charge is 0.269 e. The van der Waals surface area contributed by atoms with E-state index in [-0.39, 0.29) is 12.3 Å². The van der Waals surface area contributed by atoms with Crippen LogP contribution in [0.3, 0.4) is 0 Å². The van der Waals surface area contributed by atoms with Gasteiger partial charge in [-0.1, -0.05) is 0 Å². The lowest BCUT2D eigenvalue weighted by molar-refractivity contribution is -0.384. The molecule has 0 radical (unpaired) electrons. The summed E-state index contributed by atoms with van der Waals surface area (Å²) < 4.78 is 5.26. The van der Waals surface area contributed by atoms with Gasteiger partial charge in [0, 0.05) is 12.1 Å². The lowest BCUT2D eigenvalue weighted by Gasteiger charge is -2.16. The monoisotopic (exact) mass is 225 g/mol. The van der Waals surface area contributed by atoms with Crippen molar-refractivity contribution in [2.24, 2.45) is 0 Å². The summed E-state index contributed by atoms with van der Waals surface area (Å²) in [5.41, 5.74) is 0.0434. The van der Waals surface area contributed by atoms with Gasteiger partial charge in [-0.2, -0.15) is 0 Å². The van der Waals surface area contributed by atoms with Gasteiger partial charge < -0.3 is 9.84 Å². The van der Waals surface area contributed by atoms with Crippen molar-refractivity contribution in [1.29, 1.82) is 0 Å². The highest BCUT2D eigenvalue weighted by atomic mass is 16.6. The second-order valence-electron chi connectivity index (χ2n) is 4.23. The maximum Gasteiger partial charge on any atom is 0.269 e. The fourth-order valence-electron chi connectivity index (χ4n) is 1.13. The van der Waals surface area contributed by atoms with Gasteiger partial charge in [-0.25, -0.2) is 0 Å². The van der Waals surface area contributed by atoms with E-state index >= 15 is 0 Å². The molecule has 0 unspecified atom stereocenters. The average Bonchev–Trinajstić information content (AvgIpc) is 2.16. The Balaban J connectivity index is 2.47. The molecule has 0 spiro atoms. The van der Waals surface area contributed by atoms with Gasteiger partial charge >= 0.3 is 0 Å². The molecule has 0 aliphatic carbocycles. The van der Waals surface area contributed by atoms with Crippen LogP contribution in [-0.4, -0.2) is 22.2 Å². The number of benzene rings is 1. The van der Waals surface area contributed by atoms with E-state index in [0.717, 1.165) is 5.56 Å². The van der Waals surface area contributed by atoms with E-state index in [1.165, 1.54) is 12.1 Å². The summed E-state index contributed by atoms with van der Waals surface area (Å²) in [5.74, 6) is 0. The summed E-state index contributed by atoms with van der Waals surface area (Å²) in [5, 5.41) is 19.8. The lowest BCUT2D eigenvalue weighted by atomic mass is 10.1. The molecule has 0 heterocycles. The van der Waals surface area contributed by atoms with Crippen molar-refractivity contribution in [2.75, 3.05) is 6.61 Å². The van der Waals surface area contributed by atoms with Gasteiger partial charge in [-0.05, 0) is 31.5 Å². The Morgan fingerprint density at radius 1 is 1.38 bits per heavy atom. The molecule has 0 aliphatic heterocycles. The number of ether oxygens (including phenoxy) is 1. The minimum atomic E-state index is -0.860. The molecule has 1 rings (SSSR count). The third-order valence-corrected chi connectivity index (χ3v) is 1.87. The largest absolute Gasteiger partial charge is 0.388 e. The Hall–Kier alpha value is -1.46. The second-order valence-corrected chi connectivity index (χ2v) is 4.23. The summed E-state index contributed by atoms with van der Waals surface area (Å²) in [6.07, 6.45) is 0. The van der Waals surface area contributed by atoms with Gasteiger partial charge in [-0.15, -0.1) is 0 Å². The van der Waals surface area contributed by atoms with Gasteiger partial charge in [-0.3, -0.25) is 10.1 Å². The fraction of sp³-hybridized carbons (Fsp3) is 0.455. The van der Waals surface area contributed by atoms with Crippen LogP contribution in [0.15, 0.2) is 24.3 Å². The number of hydrogen-bond acceptors (Lipinski definition) is 4. The number of nitro benzene ring substituents is 1. The maximum absolute atomic E-state index is 10.4. The van der Waals surface area contributed by atoms with E-state index in [0.29, 0.717) is 6.61 Å². The highest BCUT2D eigenvalue weighted by molar-refractivity contribution is 5.32. The highest BCUT2D eigenvalue weighted by Crippen LogP contribution is 2.13. The molecule has 0 fully saturated rings. The Labute approximate surface area is 93.8 Å². The van der Waals surface area contributed by atoms with Gasteiger partial charge in [0.05, 0.1) is 23.7 Å². The van der Waals surface area contributed by atoms with Crippen LogP contribution < -0.4 is 0 Å². The number of hydrogen-bond donors (Lipinski definition) is 1. The van der Waals surface area contributed by atoms with E-state index in [1.54, 1.807) is 26.0 Å². The van der Waals surface area contributed by atoms with Gasteiger partial charge in [0.25, 0.3) is 5.69 Å². The topological polar surface area (TPSA) is 72.6 Å². The molecule has 0 saturated carbocycles. The molecule has 0 bridgehead atoms. The Morgan fingerprint density at radius 3 is 2.38 bits per heavy atom. The summed E-state index contributed by atoms with van der Waals surface area (Å²) in [4.78, 5) is 9.96. The third-order valence-electron chi connectivity index (χ3n) is 1.87. The molecule has 0 aliphatic rings. The first-order chi connectivity index (χ1) is 7.38. The van der Waals surface area contributed by atoms with Crippen molar-refractivity contribution in [3.05, 3.63) is 39.9 Å². The van der Waals surface area contributed by atoms with Gasteiger partial charge in [0.15, 0.2) is 0 Å². The second kappa shape index (κ2) is 5.05. The van der Waals surface area contributed by atoms with Crippen molar-refractivity contribution in [3.63, 3.8) is 0 Å². The van der Waals surface area contributed by atoms with E-state index in [9.17, 15) is 15.2 Å². The van der Waals surface area contributed by atoms with E-state index in [2.05, 4.69) is 0 Å². The first kappa shape index (κ1) is 12.6. The molecule has 1 aromatic carbocycles. The van der Waals surface area contributed by atoms with E-state index < -0.39 is 10.5 Å².